The molecule has 3 aromatic carbocycles. The third-order valence-corrected chi connectivity index (χ3v) is 7.05. The lowest BCUT2D eigenvalue weighted by atomic mass is 10.1. The zero-order valence-electron chi connectivity index (χ0n) is 21.1. The molecule has 0 atom stereocenters. The number of nitrogens with zero attached hydrogens (tertiary/aromatic N) is 4. The largest absolute Gasteiger partial charge is 0.493 e. The van der Waals surface area contributed by atoms with E-state index < -0.39 is 0 Å². The minimum atomic E-state index is 0.00994. The van der Waals surface area contributed by atoms with E-state index in [1.165, 1.54) is 11.8 Å². The summed E-state index contributed by atoms with van der Waals surface area (Å²) in [6.07, 6.45) is 1.31. The van der Waals surface area contributed by atoms with E-state index >= 15 is 0 Å². The highest BCUT2D eigenvalue weighted by Crippen LogP contribution is 2.28. The van der Waals surface area contributed by atoms with Crippen molar-refractivity contribution in [2.45, 2.75) is 18.0 Å². The van der Waals surface area contributed by atoms with Gasteiger partial charge in [0.15, 0.2) is 16.7 Å². The topological polar surface area (TPSA) is 69.5 Å². The van der Waals surface area contributed by atoms with Gasteiger partial charge in [-0.3, -0.25) is 9.36 Å². The van der Waals surface area contributed by atoms with Gasteiger partial charge in [0.2, 0.25) is 5.91 Å². The van der Waals surface area contributed by atoms with Gasteiger partial charge in [0, 0.05) is 25.0 Å². The molecule has 4 aromatic rings. The van der Waals surface area contributed by atoms with Gasteiger partial charge in [-0.05, 0) is 47.9 Å². The lowest BCUT2D eigenvalue weighted by Gasteiger charge is -2.18. The van der Waals surface area contributed by atoms with Gasteiger partial charge in [-0.1, -0.05) is 65.8 Å². The van der Waals surface area contributed by atoms with Crippen LogP contribution in [0, 0.1) is 0 Å². The van der Waals surface area contributed by atoms with E-state index in [0.29, 0.717) is 41.1 Å². The van der Waals surface area contributed by atoms with Gasteiger partial charge in [-0.25, -0.2) is 0 Å². The number of ether oxygens (including phenoxy) is 2. The Bertz CT molecular complexity index is 1350. The normalized spacial score (nSPS) is 10.8. The molecule has 0 bridgehead atoms. The molecule has 1 amide bonds. The summed E-state index contributed by atoms with van der Waals surface area (Å²) in [7, 11) is 5.04. The first-order chi connectivity index (χ1) is 18.0. The highest BCUT2D eigenvalue weighted by atomic mass is 35.5. The molecule has 0 N–H and O–H groups in total. The molecule has 0 saturated carbocycles. The van der Waals surface area contributed by atoms with Gasteiger partial charge in [-0.2, -0.15) is 0 Å². The predicted molar refractivity (Wildman–Crippen MR) is 147 cm³/mol. The fourth-order valence-corrected chi connectivity index (χ4v) is 4.95. The molecule has 1 heterocycles. The van der Waals surface area contributed by atoms with Crippen molar-refractivity contribution in [3.8, 4) is 17.2 Å². The van der Waals surface area contributed by atoms with Crippen molar-refractivity contribution in [2.75, 3.05) is 33.6 Å². The molecule has 0 aliphatic rings. The van der Waals surface area contributed by atoms with Crippen molar-refractivity contribution >= 4 is 29.3 Å². The number of rotatable bonds is 11. The lowest BCUT2D eigenvalue weighted by Crippen LogP contribution is -2.30. The first-order valence-corrected chi connectivity index (χ1v) is 13.2. The second-order valence-corrected chi connectivity index (χ2v) is 9.80. The highest BCUT2D eigenvalue weighted by Gasteiger charge is 2.18. The van der Waals surface area contributed by atoms with Crippen LogP contribution in [-0.2, 0) is 17.6 Å². The number of methoxy groups -OCH3 is 2. The molecule has 0 aliphatic heterocycles. The summed E-state index contributed by atoms with van der Waals surface area (Å²) in [6, 6.07) is 23.5. The minimum Gasteiger partial charge on any atom is -0.493 e. The molecule has 7 nitrogen and oxygen atoms in total. The number of likely N-dealkylation sites (N-methyl/N-ethyl adjacent to an activating group) is 1. The summed E-state index contributed by atoms with van der Waals surface area (Å²) >= 11 is 7.65. The Hall–Kier alpha value is -3.49. The molecule has 0 spiro atoms. The Morgan fingerprint density at radius 1 is 0.946 bits per heavy atom. The van der Waals surface area contributed by atoms with Gasteiger partial charge in [-0.15, -0.1) is 10.2 Å². The van der Waals surface area contributed by atoms with Crippen LogP contribution in [0.5, 0.6) is 11.5 Å². The van der Waals surface area contributed by atoms with E-state index in [4.69, 9.17) is 21.1 Å². The number of halogens is 1. The van der Waals surface area contributed by atoms with Crippen molar-refractivity contribution in [2.24, 2.45) is 0 Å². The van der Waals surface area contributed by atoms with Crippen LogP contribution in [0.4, 0.5) is 0 Å². The van der Waals surface area contributed by atoms with Crippen molar-refractivity contribution < 1.29 is 14.3 Å². The number of thioether (sulfide) groups is 1. The molecule has 37 heavy (non-hydrogen) atoms. The van der Waals surface area contributed by atoms with E-state index in [2.05, 4.69) is 22.3 Å². The second kappa shape index (κ2) is 12.7. The molecule has 4 rings (SSSR count). The molecule has 1 aromatic heterocycles. The highest BCUT2D eigenvalue weighted by molar-refractivity contribution is 7.99. The smallest absolute Gasteiger partial charge is 0.232 e. The van der Waals surface area contributed by atoms with Crippen molar-refractivity contribution in [1.29, 1.82) is 0 Å². The Morgan fingerprint density at radius 3 is 2.46 bits per heavy atom. The number of hydrogen-bond donors (Lipinski definition) is 0. The average Bonchev–Trinajstić information content (AvgIpc) is 3.32. The number of carbonyl (C=O) groups excluding carboxylic acids is 1. The van der Waals surface area contributed by atoms with E-state index in [1.54, 1.807) is 19.1 Å². The molecular formula is C28H29ClN4O3S. The molecular weight excluding hydrogens is 508 g/mol. The summed E-state index contributed by atoms with van der Waals surface area (Å²) in [6.45, 7) is 0.578. The number of benzene rings is 3. The van der Waals surface area contributed by atoms with Crippen LogP contribution >= 0.6 is 23.4 Å². The maximum atomic E-state index is 12.9. The fraction of sp³-hybridized carbons (Fsp3) is 0.250. The molecule has 0 unspecified atom stereocenters. The average molecular weight is 537 g/mol. The maximum absolute atomic E-state index is 12.9. The Morgan fingerprint density at radius 2 is 1.73 bits per heavy atom. The maximum Gasteiger partial charge on any atom is 0.232 e. The third kappa shape index (κ3) is 6.84. The second-order valence-electron chi connectivity index (χ2n) is 8.42. The molecule has 0 saturated heterocycles. The molecule has 9 heteroatoms. The van der Waals surface area contributed by atoms with Gasteiger partial charge >= 0.3 is 0 Å². The number of carbonyl (C=O) groups is 1. The molecule has 0 fully saturated rings. The van der Waals surface area contributed by atoms with Crippen LogP contribution in [0.1, 0.15) is 17.0 Å². The Balaban J connectivity index is 1.44. The Kier molecular flexibility index (Phi) is 9.09. The summed E-state index contributed by atoms with van der Waals surface area (Å²) in [5.41, 5.74) is 3.05. The van der Waals surface area contributed by atoms with Crippen LogP contribution in [0.3, 0.4) is 0 Å². The van der Waals surface area contributed by atoms with Crippen LogP contribution in [0.15, 0.2) is 78.0 Å². The van der Waals surface area contributed by atoms with Crippen LogP contribution in [0.2, 0.25) is 5.02 Å². The van der Waals surface area contributed by atoms with Gasteiger partial charge in [0.25, 0.3) is 0 Å². The predicted octanol–water partition coefficient (Wildman–Crippen LogP) is 5.32. The van der Waals surface area contributed by atoms with Gasteiger partial charge < -0.3 is 14.4 Å². The zero-order chi connectivity index (χ0) is 26.2. The quantitative estimate of drug-likeness (QED) is 0.242. The van der Waals surface area contributed by atoms with Gasteiger partial charge in [0.1, 0.15) is 5.82 Å². The first-order valence-electron chi connectivity index (χ1n) is 11.8. The van der Waals surface area contributed by atoms with Gasteiger partial charge in [0.05, 0.1) is 25.7 Å². The van der Waals surface area contributed by atoms with E-state index in [1.807, 2.05) is 72.3 Å². The minimum absolute atomic E-state index is 0.00994. The van der Waals surface area contributed by atoms with Crippen molar-refractivity contribution in [3.63, 3.8) is 0 Å². The zero-order valence-corrected chi connectivity index (χ0v) is 22.6. The van der Waals surface area contributed by atoms with Crippen LogP contribution in [-0.4, -0.2) is 59.1 Å². The fourth-order valence-electron chi connectivity index (χ4n) is 3.86. The van der Waals surface area contributed by atoms with E-state index in [-0.39, 0.29) is 11.7 Å². The molecule has 192 valence electrons. The molecule has 0 radical (unpaired) electrons. The summed E-state index contributed by atoms with van der Waals surface area (Å²) < 4.78 is 12.7. The number of amides is 1. The van der Waals surface area contributed by atoms with Crippen LogP contribution < -0.4 is 9.47 Å². The van der Waals surface area contributed by atoms with E-state index in [9.17, 15) is 4.79 Å². The monoisotopic (exact) mass is 536 g/mol. The summed E-state index contributed by atoms with van der Waals surface area (Å²) in [5, 5.41) is 10.1. The lowest BCUT2D eigenvalue weighted by molar-refractivity contribution is -0.127. The van der Waals surface area contributed by atoms with E-state index in [0.717, 1.165) is 22.6 Å². The third-order valence-electron chi connectivity index (χ3n) is 5.91. The van der Waals surface area contributed by atoms with Crippen molar-refractivity contribution in [3.05, 3.63) is 94.8 Å². The number of aromatic nitrogens is 3. The standard InChI is InChI=1S/C28H29ClN4O3S/c1-32(15-14-21-12-13-24(35-2)25(16-21)36-3)27(34)19-37-28-31-30-26(17-20-8-5-4-6-9-20)33(28)23-11-7-10-22(29)18-23/h4-13,16,18H,14-15,17,19H2,1-3H3. The van der Waals surface area contributed by atoms with Crippen molar-refractivity contribution in [1.82, 2.24) is 19.7 Å². The Labute approximate surface area is 226 Å². The summed E-state index contributed by atoms with van der Waals surface area (Å²) in [4.78, 5) is 14.7. The first kappa shape index (κ1) is 26.6. The summed E-state index contributed by atoms with van der Waals surface area (Å²) in [5.74, 6) is 2.40. The number of hydrogen-bond acceptors (Lipinski definition) is 6. The SMILES string of the molecule is COc1ccc(CCN(C)C(=O)CSc2nnc(Cc3ccccc3)n2-c2cccc(Cl)c2)cc1OC. The molecule has 0 aliphatic carbocycles. The van der Waals surface area contributed by atoms with Crippen LogP contribution in [0.25, 0.3) is 5.69 Å².